The molecule has 12 rings (SSSR count). The molecule has 0 aliphatic carbocycles. The van der Waals surface area contributed by atoms with Gasteiger partial charge in [-0.25, -0.2) is 15.0 Å². The van der Waals surface area contributed by atoms with Gasteiger partial charge in [0.25, 0.3) is 0 Å². The van der Waals surface area contributed by atoms with E-state index in [1.54, 1.807) is 0 Å². The summed E-state index contributed by atoms with van der Waals surface area (Å²) < 4.78 is 9.42. The van der Waals surface area contributed by atoms with Crippen molar-refractivity contribution in [1.82, 2.24) is 19.5 Å². The number of fused-ring (bicyclic) bond motifs is 9. The van der Waals surface area contributed by atoms with E-state index < -0.39 is 0 Å². The molecule has 12 aromatic rings. The van der Waals surface area contributed by atoms with E-state index in [4.69, 9.17) is 19.4 Å². The summed E-state index contributed by atoms with van der Waals surface area (Å²) in [5.41, 5.74) is 9.76. The molecule has 0 spiro atoms. The van der Waals surface area contributed by atoms with Crippen molar-refractivity contribution in [2.24, 2.45) is 0 Å². The maximum Gasteiger partial charge on any atom is 0.164 e. The lowest BCUT2D eigenvalue weighted by Gasteiger charge is -2.14. The Kier molecular flexibility index (Phi) is 7.16. The van der Waals surface area contributed by atoms with Crippen molar-refractivity contribution in [3.63, 3.8) is 0 Å². The molecular weight excluding hydrogens is 709 g/mol. The van der Waals surface area contributed by atoms with Gasteiger partial charge in [0.15, 0.2) is 17.5 Å². The highest BCUT2D eigenvalue weighted by Crippen LogP contribution is 2.45. The highest BCUT2D eigenvalue weighted by Gasteiger charge is 2.23. The zero-order chi connectivity index (χ0) is 38.2. The third-order valence-electron chi connectivity index (χ3n) is 11.4. The molecule has 0 amide bonds. The fraction of sp³-hybridized carbons (Fsp3) is 0. The van der Waals surface area contributed by atoms with Crippen LogP contribution in [-0.2, 0) is 0 Å². The lowest BCUT2D eigenvalue weighted by Crippen LogP contribution is -2.00. The zero-order valence-corrected chi connectivity index (χ0v) is 31.2. The van der Waals surface area contributed by atoms with Gasteiger partial charge in [0.05, 0.1) is 11.0 Å². The Labute approximate surface area is 333 Å². The monoisotopic (exact) mass is 740 g/mol. The third kappa shape index (κ3) is 5.00. The quantitative estimate of drug-likeness (QED) is 0.176. The Bertz CT molecular complexity index is 3500. The van der Waals surface area contributed by atoms with Crippen LogP contribution in [0.3, 0.4) is 0 Å². The van der Waals surface area contributed by atoms with E-state index in [1.165, 1.54) is 26.9 Å². The molecule has 0 unspecified atom stereocenters. The molecule has 5 heteroatoms. The van der Waals surface area contributed by atoms with Gasteiger partial charge in [-0.2, -0.15) is 0 Å². The molecular formula is C53H32N4O. The summed E-state index contributed by atoms with van der Waals surface area (Å²) in [6, 6.07) is 68.0. The summed E-state index contributed by atoms with van der Waals surface area (Å²) in [5.74, 6) is 1.81. The second-order valence-corrected chi connectivity index (χ2v) is 14.7. The van der Waals surface area contributed by atoms with Crippen LogP contribution in [0.1, 0.15) is 0 Å². The number of hydrogen-bond acceptors (Lipinski definition) is 4. The molecule has 0 radical (unpaired) electrons. The second kappa shape index (κ2) is 12.8. The highest BCUT2D eigenvalue weighted by atomic mass is 16.3. The fourth-order valence-electron chi connectivity index (χ4n) is 8.84. The summed E-state index contributed by atoms with van der Waals surface area (Å²) in [7, 11) is 0. The van der Waals surface area contributed by atoms with E-state index >= 15 is 0 Å². The van der Waals surface area contributed by atoms with E-state index in [0.29, 0.717) is 17.5 Å². The van der Waals surface area contributed by atoms with Crippen LogP contribution in [0.2, 0.25) is 0 Å². The molecule has 0 fully saturated rings. The third-order valence-corrected chi connectivity index (χ3v) is 11.4. The second-order valence-electron chi connectivity index (χ2n) is 14.7. The van der Waals surface area contributed by atoms with E-state index in [9.17, 15) is 0 Å². The molecule has 0 aliphatic rings. The van der Waals surface area contributed by atoms with Gasteiger partial charge in [-0.15, -0.1) is 0 Å². The Hall–Kier alpha value is -7.89. The fourth-order valence-corrected chi connectivity index (χ4v) is 8.84. The molecule has 58 heavy (non-hydrogen) atoms. The number of rotatable bonds is 5. The topological polar surface area (TPSA) is 56.7 Å². The molecule has 3 aromatic heterocycles. The molecule has 9 aromatic carbocycles. The van der Waals surface area contributed by atoms with E-state index in [1.807, 2.05) is 66.7 Å². The molecule has 0 bridgehead atoms. The predicted molar refractivity (Wildman–Crippen MR) is 238 cm³/mol. The van der Waals surface area contributed by atoms with Crippen LogP contribution in [0, 0.1) is 0 Å². The summed E-state index contributed by atoms with van der Waals surface area (Å²) in [6.45, 7) is 0. The van der Waals surface area contributed by atoms with Gasteiger partial charge >= 0.3 is 0 Å². The first-order chi connectivity index (χ1) is 28.8. The molecule has 0 saturated carbocycles. The minimum atomic E-state index is 0.585. The average Bonchev–Trinajstić information content (AvgIpc) is 3.85. The lowest BCUT2D eigenvalue weighted by atomic mass is 9.95. The first-order valence-electron chi connectivity index (χ1n) is 19.5. The highest BCUT2D eigenvalue weighted by molar-refractivity contribution is 6.22. The minimum Gasteiger partial charge on any atom is -0.455 e. The van der Waals surface area contributed by atoms with Crippen molar-refractivity contribution in [2.75, 3.05) is 0 Å². The number of para-hydroxylation sites is 1. The first-order valence-corrected chi connectivity index (χ1v) is 19.5. The summed E-state index contributed by atoms with van der Waals surface area (Å²) in [4.78, 5) is 15.3. The van der Waals surface area contributed by atoms with E-state index in [2.05, 4.69) is 132 Å². The molecule has 0 atom stereocenters. The van der Waals surface area contributed by atoms with Crippen molar-refractivity contribution >= 4 is 65.3 Å². The number of hydrogen-bond donors (Lipinski definition) is 0. The predicted octanol–water partition coefficient (Wildman–Crippen LogP) is 13.8. The Morgan fingerprint density at radius 3 is 1.71 bits per heavy atom. The normalized spacial score (nSPS) is 11.8. The van der Waals surface area contributed by atoms with Crippen LogP contribution in [-0.4, -0.2) is 19.5 Å². The molecule has 0 saturated heterocycles. The number of aromatic nitrogens is 4. The van der Waals surface area contributed by atoms with Crippen LogP contribution < -0.4 is 0 Å². The standard InChI is InChI=1S/C53H32N4O/c1-3-17-35(18-4-1)51-54-52(36-19-5-2-6-20-36)56-53(55-51)42-26-14-28-47-49(42)44-32-37(31-43(50(44)58-47)40-25-13-21-33-15-7-9-22-38(33)40)57-45-27-12-11-24-41(45)48-39-23-10-8-16-34(39)29-30-46(48)57/h1-32H. The van der Waals surface area contributed by atoms with Crippen LogP contribution in [0.15, 0.2) is 199 Å². The first kappa shape index (κ1) is 32.4. The summed E-state index contributed by atoms with van der Waals surface area (Å²) >= 11 is 0. The lowest BCUT2D eigenvalue weighted by molar-refractivity contribution is 0.670. The van der Waals surface area contributed by atoms with Gasteiger partial charge in [-0.3, -0.25) is 0 Å². The van der Waals surface area contributed by atoms with Crippen molar-refractivity contribution in [3.8, 4) is 51.0 Å². The Morgan fingerprint density at radius 2 is 0.948 bits per heavy atom. The van der Waals surface area contributed by atoms with Crippen LogP contribution in [0.5, 0.6) is 0 Å². The van der Waals surface area contributed by atoms with Crippen LogP contribution in [0.4, 0.5) is 0 Å². The molecule has 3 heterocycles. The number of benzene rings is 9. The van der Waals surface area contributed by atoms with Crippen molar-refractivity contribution < 1.29 is 4.42 Å². The SMILES string of the molecule is c1ccc(-c2nc(-c3ccccc3)nc(-c3cccc4oc5c(-c6cccc7ccccc67)cc(-n6c7ccccc7c7c8ccccc8ccc76)cc5c34)n2)cc1. The van der Waals surface area contributed by atoms with Gasteiger partial charge < -0.3 is 8.98 Å². The molecule has 5 nitrogen and oxygen atoms in total. The number of nitrogens with zero attached hydrogens (tertiary/aromatic N) is 4. The van der Waals surface area contributed by atoms with Crippen molar-refractivity contribution in [1.29, 1.82) is 0 Å². The maximum atomic E-state index is 7.00. The molecule has 0 aliphatic heterocycles. The van der Waals surface area contributed by atoms with E-state index in [0.717, 1.165) is 71.9 Å². The van der Waals surface area contributed by atoms with Crippen LogP contribution in [0.25, 0.3) is 116 Å². The van der Waals surface area contributed by atoms with Crippen LogP contribution >= 0.6 is 0 Å². The Morgan fingerprint density at radius 1 is 0.362 bits per heavy atom. The summed E-state index contributed by atoms with van der Waals surface area (Å²) in [6.07, 6.45) is 0. The molecule has 0 N–H and O–H groups in total. The number of furan rings is 1. The van der Waals surface area contributed by atoms with Gasteiger partial charge in [-0.05, 0) is 57.4 Å². The van der Waals surface area contributed by atoms with Gasteiger partial charge in [0.1, 0.15) is 11.2 Å². The van der Waals surface area contributed by atoms with Crippen molar-refractivity contribution in [2.45, 2.75) is 0 Å². The minimum absolute atomic E-state index is 0.585. The molecule has 270 valence electrons. The van der Waals surface area contributed by atoms with Crippen molar-refractivity contribution in [3.05, 3.63) is 194 Å². The maximum absolute atomic E-state index is 7.00. The Balaban J connectivity index is 1.21. The largest absolute Gasteiger partial charge is 0.455 e. The average molecular weight is 741 g/mol. The van der Waals surface area contributed by atoms with Gasteiger partial charge in [-0.1, -0.05) is 164 Å². The van der Waals surface area contributed by atoms with Gasteiger partial charge in [0, 0.05) is 49.5 Å². The smallest absolute Gasteiger partial charge is 0.164 e. The zero-order valence-electron chi connectivity index (χ0n) is 31.2. The van der Waals surface area contributed by atoms with Gasteiger partial charge in [0.2, 0.25) is 0 Å². The van der Waals surface area contributed by atoms with E-state index in [-0.39, 0.29) is 0 Å². The summed E-state index contributed by atoms with van der Waals surface area (Å²) in [5, 5.41) is 9.19.